The number of carbonyl (C=O) groups excluding carboxylic acids is 1. The lowest BCUT2D eigenvalue weighted by Gasteiger charge is -2.37. The summed E-state index contributed by atoms with van der Waals surface area (Å²) in [4.78, 5) is 28.1. The minimum absolute atomic E-state index is 0.00803. The van der Waals surface area contributed by atoms with E-state index in [9.17, 15) is 4.79 Å². The average molecular weight is 369 g/mol. The molecule has 1 atom stereocenters. The van der Waals surface area contributed by atoms with Crippen molar-refractivity contribution in [2.24, 2.45) is 0 Å². The number of methoxy groups -OCH3 is 1. The van der Waals surface area contributed by atoms with Gasteiger partial charge in [0.1, 0.15) is 11.4 Å². The number of ether oxygens (including phenoxy) is 1. The summed E-state index contributed by atoms with van der Waals surface area (Å²) in [7, 11) is 1.57. The van der Waals surface area contributed by atoms with E-state index >= 15 is 0 Å². The summed E-state index contributed by atoms with van der Waals surface area (Å²) in [5.41, 5.74) is 1.09. The Morgan fingerprint density at radius 2 is 1.96 bits per heavy atom. The molecule has 0 aromatic carbocycles. The number of amides is 1. The number of hydrogen-bond acceptors (Lipinski definition) is 6. The molecule has 3 rings (SSSR count). The normalized spacial score (nSPS) is 17.6. The second kappa shape index (κ2) is 8.00. The molecule has 144 valence electrons. The van der Waals surface area contributed by atoms with Crippen molar-refractivity contribution in [2.75, 3.05) is 25.5 Å². The predicted octanol–water partition coefficient (Wildman–Crippen LogP) is 3.05. The van der Waals surface area contributed by atoms with Crippen LogP contribution in [-0.4, -0.2) is 51.6 Å². The van der Waals surface area contributed by atoms with Gasteiger partial charge >= 0.3 is 0 Å². The summed E-state index contributed by atoms with van der Waals surface area (Å²) in [6, 6.07) is 3.90. The lowest BCUT2D eigenvalue weighted by Crippen LogP contribution is -2.49. The highest BCUT2D eigenvalue weighted by Crippen LogP contribution is 2.31. The zero-order valence-corrected chi connectivity index (χ0v) is 16.4. The third-order valence-corrected chi connectivity index (χ3v) is 5.09. The van der Waals surface area contributed by atoms with Gasteiger partial charge in [0.15, 0.2) is 5.82 Å². The van der Waals surface area contributed by atoms with Crippen LogP contribution in [-0.2, 0) is 9.53 Å². The molecule has 2 aromatic rings. The molecule has 7 nitrogen and oxygen atoms in total. The predicted molar refractivity (Wildman–Crippen MR) is 104 cm³/mol. The molecule has 1 aliphatic heterocycles. The highest BCUT2D eigenvalue weighted by Gasteiger charge is 2.35. The highest BCUT2D eigenvalue weighted by molar-refractivity contribution is 5.84. The monoisotopic (exact) mass is 369 g/mol. The van der Waals surface area contributed by atoms with Crippen LogP contribution in [0, 0.1) is 6.92 Å². The van der Waals surface area contributed by atoms with Gasteiger partial charge in [0, 0.05) is 44.7 Å². The summed E-state index contributed by atoms with van der Waals surface area (Å²) in [6.45, 7) is 6.96. The van der Waals surface area contributed by atoms with Gasteiger partial charge in [-0.1, -0.05) is 6.07 Å². The SMILES string of the molecule is COC(C)(C)C(=O)N1CCCC(c2nccnc2Nc2ncccc2C)C1. The second-order valence-corrected chi connectivity index (χ2v) is 7.39. The van der Waals surface area contributed by atoms with E-state index in [1.807, 2.05) is 24.0 Å². The number of likely N-dealkylation sites (tertiary alicyclic amines) is 1. The smallest absolute Gasteiger partial charge is 0.254 e. The minimum Gasteiger partial charge on any atom is -0.369 e. The third-order valence-electron chi connectivity index (χ3n) is 5.09. The van der Waals surface area contributed by atoms with E-state index in [2.05, 4.69) is 20.3 Å². The van der Waals surface area contributed by atoms with Crippen LogP contribution in [0.1, 0.15) is 43.9 Å². The molecule has 1 unspecified atom stereocenters. The molecule has 2 aromatic heterocycles. The van der Waals surface area contributed by atoms with Crippen LogP contribution in [0.15, 0.2) is 30.7 Å². The fourth-order valence-corrected chi connectivity index (χ4v) is 3.33. The maximum Gasteiger partial charge on any atom is 0.254 e. The van der Waals surface area contributed by atoms with Crippen LogP contribution in [0.2, 0.25) is 0 Å². The lowest BCUT2D eigenvalue weighted by atomic mass is 9.93. The van der Waals surface area contributed by atoms with Gasteiger partial charge in [0.05, 0.1) is 5.69 Å². The van der Waals surface area contributed by atoms with Crippen LogP contribution in [0.5, 0.6) is 0 Å². The van der Waals surface area contributed by atoms with Crippen molar-refractivity contribution in [1.82, 2.24) is 19.9 Å². The van der Waals surface area contributed by atoms with Gasteiger partial charge in [0.25, 0.3) is 5.91 Å². The first-order valence-electron chi connectivity index (χ1n) is 9.26. The molecule has 0 bridgehead atoms. The average Bonchev–Trinajstić information content (AvgIpc) is 2.69. The van der Waals surface area contributed by atoms with Crippen molar-refractivity contribution < 1.29 is 9.53 Å². The number of aromatic nitrogens is 3. The first-order chi connectivity index (χ1) is 12.9. The maximum atomic E-state index is 12.8. The number of anilines is 2. The maximum absolute atomic E-state index is 12.8. The van der Waals surface area contributed by atoms with E-state index in [0.717, 1.165) is 36.5 Å². The number of rotatable bonds is 5. The van der Waals surface area contributed by atoms with E-state index in [1.54, 1.807) is 39.5 Å². The molecule has 0 radical (unpaired) electrons. The van der Waals surface area contributed by atoms with E-state index in [4.69, 9.17) is 4.74 Å². The van der Waals surface area contributed by atoms with Gasteiger partial charge in [-0.15, -0.1) is 0 Å². The number of pyridine rings is 1. The summed E-state index contributed by atoms with van der Waals surface area (Å²) < 4.78 is 5.37. The fourth-order valence-electron chi connectivity index (χ4n) is 3.33. The van der Waals surface area contributed by atoms with Gasteiger partial charge in [-0.05, 0) is 45.2 Å². The first kappa shape index (κ1) is 19.2. The zero-order chi connectivity index (χ0) is 19.4. The Labute approximate surface area is 160 Å². The third kappa shape index (κ3) is 4.24. The van der Waals surface area contributed by atoms with Crippen LogP contribution in [0.4, 0.5) is 11.6 Å². The lowest BCUT2D eigenvalue weighted by molar-refractivity contribution is -0.152. The quantitative estimate of drug-likeness (QED) is 0.872. The fraction of sp³-hybridized carbons (Fsp3) is 0.500. The number of hydrogen-bond donors (Lipinski definition) is 1. The molecule has 1 saturated heterocycles. The van der Waals surface area contributed by atoms with Gasteiger partial charge in [0.2, 0.25) is 0 Å². The largest absolute Gasteiger partial charge is 0.369 e. The number of nitrogens with one attached hydrogen (secondary N) is 1. The zero-order valence-electron chi connectivity index (χ0n) is 16.4. The Hall–Kier alpha value is -2.54. The standard InChI is InChI=1S/C20H27N5O2/c1-14-7-5-9-22-17(14)24-18-16(21-10-11-23-18)15-8-6-12-25(13-15)19(26)20(2,3)27-4/h5,7,9-11,15H,6,8,12-13H2,1-4H3,(H,22,23,24). The van der Waals surface area contributed by atoms with E-state index < -0.39 is 5.60 Å². The van der Waals surface area contributed by atoms with Crippen molar-refractivity contribution in [3.05, 3.63) is 42.0 Å². The number of aryl methyl sites for hydroxylation is 1. The number of piperidine rings is 1. The van der Waals surface area contributed by atoms with Gasteiger partial charge < -0.3 is 15.0 Å². The molecule has 7 heteroatoms. The molecule has 1 fully saturated rings. The van der Waals surface area contributed by atoms with E-state index in [1.165, 1.54) is 0 Å². The summed E-state index contributed by atoms with van der Waals surface area (Å²) >= 11 is 0. The molecule has 0 saturated carbocycles. The van der Waals surface area contributed by atoms with Crippen LogP contribution in [0.3, 0.4) is 0 Å². The van der Waals surface area contributed by atoms with Crippen molar-refractivity contribution in [3.63, 3.8) is 0 Å². The Morgan fingerprint density at radius 3 is 2.70 bits per heavy atom. The van der Waals surface area contributed by atoms with Crippen LogP contribution >= 0.6 is 0 Å². The second-order valence-electron chi connectivity index (χ2n) is 7.39. The Kier molecular flexibility index (Phi) is 5.70. The van der Waals surface area contributed by atoms with Gasteiger partial charge in [-0.25, -0.2) is 9.97 Å². The van der Waals surface area contributed by atoms with Crippen LogP contribution < -0.4 is 5.32 Å². The van der Waals surface area contributed by atoms with Gasteiger partial charge in [-0.2, -0.15) is 0 Å². The van der Waals surface area contributed by atoms with Crippen molar-refractivity contribution in [1.29, 1.82) is 0 Å². The molecule has 0 aliphatic carbocycles. The van der Waals surface area contributed by atoms with Gasteiger partial charge in [-0.3, -0.25) is 9.78 Å². The Bertz CT molecular complexity index is 808. The topological polar surface area (TPSA) is 80.2 Å². The molecule has 27 heavy (non-hydrogen) atoms. The molecule has 1 amide bonds. The number of nitrogens with zero attached hydrogens (tertiary/aromatic N) is 4. The summed E-state index contributed by atoms with van der Waals surface area (Å²) in [5.74, 6) is 1.59. The molecular weight excluding hydrogens is 342 g/mol. The molecule has 1 aliphatic rings. The molecular formula is C20H27N5O2. The van der Waals surface area contributed by atoms with Crippen molar-refractivity contribution >= 4 is 17.5 Å². The molecule has 0 spiro atoms. The van der Waals surface area contributed by atoms with E-state index in [0.29, 0.717) is 12.4 Å². The van der Waals surface area contributed by atoms with E-state index in [-0.39, 0.29) is 11.8 Å². The van der Waals surface area contributed by atoms with Crippen LogP contribution in [0.25, 0.3) is 0 Å². The highest BCUT2D eigenvalue weighted by atomic mass is 16.5. The Morgan fingerprint density at radius 1 is 1.22 bits per heavy atom. The van der Waals surface area contributed by atoms with Crippen molar-refractivity contribution in [3.8, 4) is 0 Å². The minimum atomic E-state index is -0.823. The molecule has 1 N–H and O–H groups in total. The molecule has 3 heterocycles. The Balaban J connectivity index is 1.82. The summed E-state index contributed by atoms with van der Waals surface area (Å²) in [6.07, 6.45) is 7.01. The first-order valence-corrected chi connectivity index (χ1v) is 9.26. The summed E-state index contributed by atoms with van der Waals surface area (Å²) in [5, 5.41) is 3.31. The van der Waals surface area contributed by atoms with Crippen molar-refractivity contribution in [2.45, 2.75) is 45.1 Å². The number of carbonyl (C=O) groups is 1.